The maximum Gasteiger partial charge on any atom is 0.239 e. The minimum atomic E-state index is 0.0535. The lowest BCUT2D eigenvalue weighted by molar-refractivity contribution is -0.121. The molecule has 0 unspecified atom stereocenters. The lowest BCUT2D eigenvalue weighted by atomic mass is 10.2. The van der Waals surface area contributed by atoms with Crippen LogP contribution in [-0.4, -0.2) is 17.0 Å². The van der Waals surface area contributed by atoms with E-state index in [9.17, 15) is 4.79 Å². The summed E-state index contributed by atoms with van der Waals surface area (Å²) in [5.41, 5.74) is 7.89. The fourth-order valence-electron chi connectivity index (χ4n) is 2.23. The van der Waals surface area contributed by atoms with E-state index in [1.54, 1.807) is 0 Å². The average Bonchev–Trinajstić information content (AvgIpc) is 2.77. The van der Waals surface area contributed by atoms with Crippen molar-refractivity contribution in [1.82, 2.24) is 9.88 Å². The summed E-state index contributed by atoms with van der Waals surface area (Å²) in [6.07, 6.45) is 4.08. The van der Waals surface area contributed by atoms with E-state index >= 15 is 0 Å². The predicted octanol–water partition coefficient (Wildman–Crippen LogP) is 2.02. The summed E-state index contributed by atoms with van der Waals surface area (Å²) < 4.78 is 1.97. The molecule has 1 aromatic carbocycles. The Balaban J connectivity index is 2.14. The van der Waals surface area contributed by atoms with Crippen LogP contribution in [0.3, 0.4) is 0 Å². The zero-order chi connectivity index (χ0) is 13.7. The highest BCUT2D eigenvalue weighted by atomic mass is 16.1. The monoisotopic (exact) mass is 259 g/mol. The molecule has 0 aliphatic rings. The van der Waals surface area contributed by atoms with E-state index in [4.69, 9.17) is 5.73 Å². The molecule has 0 spiro atoms. The molecular weight excluding hydrogens is 238 g/mol. The van der Waals surface area contributed by atoms with E-state index in [1.165, 1.54) is 0 Å². The van der Waals surface area contributed by atoms with Gasteiger partial charge in [-0.1, -0.05) is 31.5 Å². The number of rotatable bonds is 6. The Morgan fingerprint density at radius 2 is 2.16 bits per heavy atom. The first-order chi connectivity index (χ1) is 9.26. The molecule has 1 amide bonds. The van der Waals surface area contributed by atoms with Crippen LogP contribution in [0.1, 0.15) is 25.3 Å². The lowest BCUT2D eigenvalue weighted by Gasteiger charge is -2.06. The van der Waals surface area contributed by atoms with Crippen LogP contribution < -0.4 is 11.1 Å². The van der Waals surface area contributed by atoms with Gasteiger partial charge in [0.2, 0.25) is 5.91 Å². The topological polar surface area (TPSA) is 60.0 Å². The number of amides is 1. The first-order valence-electron chi connectivity index (χ1n) is 6.79. The van der Waals surface area contributed by atoms with Gasteiger partial charge in [-0.05, 0) is 18.1 Å². The summed E-state index contributed by atoms with van der Waals surface area (Å²) in [7, 11) is 0. The van der Waals surface area contributed by atoms with Crippen molar-refractivity contribution >= 4 is 16.8 Å². The van der Waals surface area contributed by atoms with E-state index in [1.807, 2.05) is 35.0 Å². The number of nitrogens with one attached hydrogen (secondary N) is 1. The molecule has 3 N–H and O–H groups in total. The third-order valence-electron chi connectivity index (χ3n) is 3.26. The zero-order valence-corrected chi connectivity index (χ0v) is 11.4. The average molecular weight is 259 g/mol. The number of carbonyl (C=O) groups is 1. The van der Waals surface area contributed by atoms with Gasteiger partial charge in [0.15, 0.2) is 0 Å². The quantitative estimate of drug-likeness (QED) is 0.780. The summed E-state index contributed by atoms with van der Waals surface area (Å²) in [5, 5.41) is 4.06. The number of nitrogens with two attached hydrogens (primary N) is 1. The Bertz CT molecular complexity index is 560. The Kier molecular flexibility index (Phi) is 4.58. The van der Waals surface area contributed by atoms with Crippen molar-refractivity contribution < 1.29 is 4.79 Å². The molecule has 2 rings (SSSR count). The molecule has 0 fully saturated rings. The van der Waals surface area contributed by atoms with Crippen LogP contribution in [-0.2, 0) is 17.9 Å². The van der Waals surface area contributed by atoms with Crippen molar-refractivity contribution in [1.29, 1.82) is 0 Å². The molecule has 4 heteroatoms. The van der Waals surface area contributed by atoms with Crippen LogP contribution in [0.2, 0.25) is 0 Å². The van der Waals surface area contributed by atoms with Crippen molar-refractivity contribution in [3.05, 3.63) is 36.0 Å². The van der Waals surface area contributed by atoms with E-state index in [-0.39, 0.29) is 5.91 Å². The third kappa shape index (κ3) is 3.15. The van der Waals surface area contributed by atoms with Crippen LogP contribution in [0.25, 0.3) is 10.9 Å². The first-order valence-corrected chi connectivity index (χ1v) is 6.79. The number of nitrogens with zero attached hydrogens (tertiary/aromatic N) is 1. The van der Waals surface area contributed by atoms with Gasteiger partial charge in [0.25, 0.3) is 0 Å². The van der Waals surface area contributed by atoms with Crippen molar-refractivity contribution in [2.24, 2.45) is 5.73 Å². The van der Waals surface area contributed by atoms with E-state index in [0.717, 1.165) is 35.9 Å². The van der Waals surface area contributed by atoms with E-state index in [2.05, 4.69) is 12.2 Å². The van der Waals surface area contributed by atoms with Crippen molar-refractivity contribution in [3.8, 4) is 0 Å². The molecule has 0 atom stereocenters. The van der Waals surface area contributed by atoms with Gasteiger partial charge in [-0.3, -0.25) is 4.79 Å². The van der Waals surface area contributed by atoms with Gasteiger partial charge in [0.05, 0.1) is 0 Å². The molecule has 19 heavy (non-hydrogen) atoms. The minimum Gasteiger partial charge on any atom is -0.355 e. The zero-order valence-electron chi connectivity index (χ0n) is 11.4. The maximum absolute atomic E-state index is 11.9. The molecule has 0 saturated carbocycles. The molecule has 102 valence electrons. The number of unbranched alkanes of at least 4 members (excludes halogenated alkanes) is 1. The molecule has 0 aliphatic heterocycles. The normalized spacial score (nSPS) is 10.8. The fourth-order valence-corrected chi connectivity index (χ4v) is 2.23. The van der Waals surface area contributed by atoms with Gasteiger partial charge < -0.3 is 15.6 Å². The van der Waals surface area contributed by atoms with Crippen LogP contribution in [0, 0.1) is 0 Å². The predicted molar refractivity (Wildman–Crippen MR) is 77.7 cm³/mol. The number of hydrogen-bond donors (Lipinski definition) is 2. The van der Waals surface area contributed by atoms with Gasteiger partial charge in [-0.15, -0.1) is 0 Å². The largest absolute Gasteiger partial charge is 0.355 e. The van der Waals surface area contributed by atoms with Gasteiger partial charge in [-0.25, -0.2) is 0 Å². The highest BCUT2D eigenvalue weighted by molar-refractivity contribution is 5.86. The molecule has 4 nitrogen and oxygen atoms in total. The number of benzene rings is 1. The molecular formula is C15H21N3O. The molecule has 1 heterocycles. The Labute approximate surface area is 113 Å². The summed E-state index contributed by atoms with van der Waals surface area (Å²) in [5.74, 6) is 0.0535. The maximum atomic E-state index is 11.9. The standard InChI is InChI=1S/C15H21N3O/c1-2-3-8-17-15(19)11-18-10-12(9-16)13-6-4-5-7-14(13)18/h4-7,10H,2-3,8-9,11,16H2,1H3,(H,17,19). The molecule has 2 aromatic rings. The lowest BCUT2D eigenvalue weighted by Crippen LogP contribution is -2.28. The van der Waals surface area contributed by atoms with Crippen molar-refractivity contribution in [2.75, 3.05) is 6.54 Å². The smallest absolute Gasteiger partial charge is 0.239 e. The fraction of sp³-hybridized carbons (Fsp3) is 0.400. The second-order valence-electron chi connectivity index (χ2n) is 4.71. The Hall–Kier alpha value is -1.81. The second kappa shape index (κ2) is 6.38. The molecule has 0 radical (unpaired) electrons. The molecule has 0 saturated heterocycles. The Morgan fingerprint density at radius 3 is 2.89 bits per heavy atom. The van der Waals surface area contributed by atoms with Crippen molar-refractivity contribution in [3.63, 3.8) is 0 Å². The number of fused-ring (bicyclic) bond motifs is 1. The number of carbonyl (C=O) groups excluding carboxylic acids is 1. The summed E-state index contributed by atoms with van der Waals surface area (Å²) in [6, 6.07) is 8.04. The van der Waals surface area contributed by atoms with Gasteiger partial charge in [0, 0.05) is 30.2 Å². The number of para-hydroxylation sites is 1. The van der Waals surface area contributed by atoms with Gasteiger partial charge in [0.1, 0.15) is 6.54 Å². The summed E-state index contributed by atoms with van der Waals surface area (Å²) in [6.45, 7) is 3.70. The first kappa shape index (κ1) is 13.6. The molecule has 0 aliphatic carbocycles. The van der Waals surface area contributed by atoms with E-state index < -0.39 is 0 Å². The van der Waals surface area contributed by atoms with Gasteiger partial charge >= 0.3 is 0 Å². The van der Waals surface area contributed by atoms with Crippen LogP contribution in [0.4, 0.5) is 0 Å². The number of aromatic nitrogens is 1. The highest BCUT2D eigenvalue weighted by Crippen LogP contribution is 2.20. The third-order valence-corrected chi connectivity index (χ3v) is 3.26. The van der Waals surface area contributed by atoms with E-state index in [0.29, 0.717) is 13.1 Å². The number of hydrogen-bond acceptors (Lipinski definition) is 2. The van der Waals surface area contributed by atoms with Crippen LogP contribution in [0.15, 0.2) is 30.5 Å². The van der Waals surface area contributed by atoms with Crippen molar-refractivity contribution in [2.45, 2.75) is 32.9 Å². The summed E-state index contributed by atoms with van der Waals surface area (Å²) >= 11 is 0. The summed E-state index contributed by atoms with van der Waals surface area (Å²) in [4.78, 5) is 11.9. The Morgan fingerprint density at radius 1 is 1.37 bits per heavy atom. The second-order valence-corrected chi connectivity index (χ2v) is 4.71. The SMILES string of the molecule is CCCCNC(=O)Cn1cc(CN)c2ccccc21. The molecule has 1 aromatic heterocycles. The van der Waals surface area contributed by atoms with Crippen LogP contribution >= 0.6 is 0 Å². The molecule has 0 bridgehead atoms. The van der Waals surface area contributed by atoms with Gasteiger partial charge in [-0.2, -0.15) is 0 Å². The van der Waals surface area contributed by atoms with Crippen LogP contribution in [0.5, 0.6) is 0 Å². The highest BCUT2D eigenvalue weighted by Gasteiger charge is 2.09. The minimum absolute atomic E-state index is 0.0535.